The number of halogens is 1. The van der Waals surface area contributed by atoms with E-state index in [-0.39, 0.29) is 0 Å². The zero-order chi connectivity index (χ0) is 11.8. The van der Waals surface area contributed by atoms with E-state index in [1.165, 1.54) is 16.7 Å². The number of nitrogens with zero attached hydrogens (tertiary/aromatic N) is 1. The smallest absolute Gasteiger partial charge is 0.137 e. The van der Waals surface area contributed by atoms with Crippen LogP contribution in [0.3, 0.4) is 0 Å². The highest BCUT2D eigenvalue weighted by Gasteiger charge is 2.29. The first kappa shape index (κ1) is 10.9. The summed E-state index contributed by atoms with van der Waals surface area (Å²) in [5.74, 6) is 1.97. The zero-order valence-electron chi connectivity index (χ0n) is 9.38. The molecule has 2 aliphatic heterocycles. The second-order valence-electron chi connectivity index (χ2n) is 4.26. The average molecular weight is 294 g/mol. The van der Waals surface area contributed by atoms with Crippen LogP contribution in [-0.2, 0) is 19.3 Å². The lowest BCUT2D eigenvalue weighted by atomic mass is 9.96. The van der Waals surface area contributed by atoms with E-state index in [4.69, 9.17) is 14.7 Å². The summed E-state index contributed by atoms with van der Waals surface area (Å²) >= 11 is 3.62. The van der Waals surface area contributed by atoms with Crippen LogP contribution in [0.15, 0.2) is 4.47 Å². The Morgan fingerprint density at radius 1 is 1.12 bits per heavy atom. The van der Waals surface area contributed by atoms with Crippen molar-refractivity contribution in [1.82, 2.24) is 0 Å². The molecule has 0 N–H and O–H groups in total. The molecule has 0 radical (unpaired) electrons. The molecule has 4 heteroatoms. The molecule has 1 aromatic rings. The Morgan fingerprint density at radius 3 is 2.59 bits per heavy atom. The molecule has 0 bridgehead atoms. The molecule has 3 rings (SSSR count). The van der Waals surface area contributed by atoms with E-state index in [1.54, 1.807) is 0 Å². The van der Waals surface area contributed by atoms with Crippen LogP contribution in [0.25, 0.3) is 0 Å². The van der Waals surface area contributed by atoms with Crippen LogP contribution in [-0.4, -0.2) is 13.2 Å². The summed E-state index contributed by atoms with van der Waals surface area (Å²) in [6.45, 7) is 1.47. The molecule has 0 saturated carbocycles. The van der Waals surface area contributed by atoms with Crippen molar-refractivity contribution in [2.24, 2.45) is 0 Å². The van der Waals surface area contributed by atoms with Crippen LogP contribution >= 0.6 is 15.9 Å². The maximum absolute atomic E-state index is 8.75. The third-order valence-electron chi connectivity index (χ3n) is 3.33. The predicted octanol–water partition coefficient (Wildman–Crippen LogP) is 2.78. The van der Waals surface area contributed by atoms with Crippen molar-refractivity contribution in [2.75, 3.05) is 13.2 Å². The molecule has 0 fully saturated rings. The first-order valence-electron chi connectivity index (χ1n) is 5.81. The summed E-state index contributed by atoms with van der Waals surface area (Å²) in [4.78, 5) is 0. The molecule has 0 unspecified atom stereocenters. The third kappa shape index (κ3) is 1.61. The van der Waals surface area contributed by atoms with Gasteiger partial charge in [0.2, 0.25) is 0 Å². The van der Waals surface area contributed by atoms with Gasteiger partial charge in [0.05, 0.1) is 23.8 Å². The van der Waals surface area contributed by atoms with Gasteiger partial charge in [-0.2, -0.15) is 5.26 Å². The van der Waals surface area contributed by atoms with Crippen LogP contribution < -0.4 is 9.47 Å². The molecule has 0 amide bonds. The van der Waals surface area contributed by atoms with Crippen LogP contribution in [0.5, 0.6) is 11.5 Å². The number of rotatable bonds is 2. The van der Waals surface area contributed by atoms with Crippen molar-refractivity contribution in [3.8, 4) is 17.6 Å². The lowest BCUT2D eigenvalue weighted by molar-refractivity contribution is 0.353. The Kier molecular flexibility index (Phi) is 2.71. The van der Waals surface area contributed by atoms with Crippen molar-refractivity contribution in [1.29, 1.82) is 5.26 Å². The summed E-state index contributed by atoms with van der Waals surface area (Å²) in [6, 6.07) is 2.21. The Labute approximate surface area is 108 Å². The second-order valence-corrected chi connectivity index (χ2v) is 5.06. The Balaban J connectivity index is 2.16. The van der Waals surface area contributed by atoms with Gasteiger partial charge in [-0.1, -0.05) is 0 Å². The van der Waals surface area contributed by atoms with Gasteiger partial charge in [-0.15, -0.1) is 0 Å². The number of hydrogen-bond acceptors (Lipinski definition) is 3. The number of ether oxygens (including phenoxy) is 2. The van der Waals surface area contributed by atoms with Crippen LogP contribution in [0, 0.1) is 11.3 Å². The van der Waals surface area contributed by atoms with E-state index in [1.807, 2.05) is 0 Å². The van der Waals surface area contributed by atoms with Gasteiger partial charge in [0.25, 0.3) is 0 Å². The topological polar surface area (TPSA) is 42.2 Å². The first-order chi connectivity index (χ1) is 8.33. The second kappa shape index (κ2) is 4.23. The van der Waals surface area contributed by atoms with Crippen molar-refractivity contribution >= 4 is 15.9 Å². The maximum atomic E-state index is 8.75. The van der Waals surface area contributed by atoms with Crippen LogP contribution in [0.4, 0.5) is 0 Å². The quantitative estimate of drug-likeness (QED) is 0.842. The lowest BCUT2D eigenvalue weighted by Gasteiger charge is -2.13. The minimum Gasteiger partial charge on any atom is -0.493 e. The lowest BCUT2D eigenvalue weighted by Crippen LogP contribution is -1.97. The SMILES string of the molecule is N#CCCc1c2c(c(Br)c3c1OCC3)OCC2. The van der Waals surface area contributed by atoms with Gasteiger partial charge in [-0.3, -0.25) is 0 Å². The van der Waals surface area contributed by atoms with E-state index in [9.17, 15) is 0 Å². The van der Waals surface area contributed by atoms with E-state index in [0.717, 1.165) is 48.4 Å². The fourth-order valence-electron chi connectivity index (χ4n) is 2.59. The van der Waals surface area contributed by atoms with Crippen LogP contribution in [0.2, 0.25) is 0 Å². The van der Waals surface area contributed by atoms with Crippen molar-refractivity contribution < 1.29 is 9.47 Å². The number of fused-ring (bicyclic) bond motifs is 2. The summed E-state index contributed by atoms with van der Waals surface area (Å²) in [5.41, 5.74) is 3.63. The van der Waals surface area contributed by atoms with Crippen molar-refractivity contribution in [3.05, 3.63) is 21.2 Å². The molecule has 2 heterocycles. The standard InChI is InChI=1S/C13H12BrNO2/c14-11-10-4-7-16-12(10)8(2-1-5-15)9-3-6-17-13(9)11/h1-4,6-7H2. The third-order valence-corrected chi connectivity index (χ3v) is 4.17. The van der Waals surface area contributed by atoms with Gasteiger partial charge in [-0.05, 0) is 22.4 Å². The molecule has 0 saturated heterocycles. The molecule has 0 aliphatic carbocycles. The molecule has 1 aromatic carbocycles. The average Bonchev–Trinajstić information content (AvgIpc) is 2.97. The van der Waals surface area contributed by atoms with Gasteiger partial charge in [-0.25, -0.2) is 0 Å². The highest BCUT2D eigenvalue weighted by atomic mass is 79.9. The fourth-order valence-corrected chi connectivity index (χ4v) is 3.33. The summed E-state index contributed by atoms with van der Waals surface area (Å²) in [7, 11) is 0. The van der Waals surface area contributed by atoms with Crippen LogP contribution in [0.1, 0.15) is 23.1 Å². The van der Waals surface area contributed by atoms with Gasteiger partial charge >= 0.3 is 0 Å². The van der Waals surface area contributed by atoms with Gasteiger partial charge in [0, 0.05) is 36.0 Å². The molecule has 2 aliphatic rings. The molecular formula is C13H12BrNO2. The maximum Gasteiger partial charge on any atom is 0.137 e. The Morgan fingerprint density at radius 2 is 1.82 bits per heavy atom. The molecule has 88 valence electrons. The molecule has 17 heavy (non-hydrogen) atoms. The van der Waals surface area contributed by atoms with Crippen molar-refractivity contribution in [3.63, 3.8) is 0 Å². The largest absolute Gasteiger partial charge is 0.493 e. The highest BCUT2D eigenvalue weighted by molar-refractivity contribution is 9.10. The molecule has 0 atom stereocenters. The first-order valence-corrected chi connectivity index (χ1v) is 6.61. The zero-order valence-corrected chi connectivity index (χ0v) is 11.0. The van der Waals surface area contributed by atoms with Gasteiger partial charge in [0.1, 0.15) is 11.5 Å². The van der Waals surface area contributed by atoms with E-state index in [2.05, 4.69) is 22.0 Å². The Bertz CT molecular complexity index is 484. The minimum atomic E-state index is 0.532. The number of hydrogen-bond donors (Lipinski definition) is 0. The highest BCUT2D eigenvalue weighted by Crippen LogP contribution is 2.47. The molecule has 3 nitrogen and oxygen atoms in total. The number of nitriles is 1. The minimum absolute atomic E-state index is 0.532. The molecular weight excluding hydrogens is 282 g/mol. The normalized spacial score (nSPS) is 15.8. The van der Waals surface area contributed by atoms with E-state index >= 15 is 0 Å². The fraction of sp³-hybridized carbons (Fsp3) is 0.462. The van der Waals surface area contributed by atoms with Gasteiger partial charge < -0.3 is 9.47 Å². The molecule has 0 spiro atoms. The van der Waals surface area contributed by atoms with E-state index < -0.39 is 0 Å². The predicted molar refractivity (Wildman–Crippen MR) is 66.5 cm³/mol. The van der Waals surface area contributed by atoms with E-state index in [0.29, 0.717) is 6.42 Å². The van der Waals surface area contributed by atoms with Gasteiger partial charge in [0.15, 0.2) is 0 Å². The van der Waals surface area contributed by atoms with Crippen molar-refractivity contribution in [2.45, 2.75) is 25.7 Å². The number of benzene rings is 1. The monoisotopic (exact) mass is 293 g/mol. The summed E-state index contributed by atoms with van der Waals surface area (Å²) in [6.07, 6.45) is 3.14. The summed E-state index contributed by atoms with van der Waals surface area (Å²) in [5, 5.41) is 8.75. The Hall–Kier alpha value is -1.21. The molecule has 0 aromatic heterocycles. The summed E-state index contributed by atoms with van der Waals surface area (Å²) < 4.78 is 12.5.